The molecule has 78 heavy (non-hydrogen) atoms. The van der Waals surface area contributed by atoms with Crippen LogP contribution in [-0.2, 0) is 42.7 Å². The number of nitro benzene ring substituents is 2. The molecule has 0 saturated carbocycles. The number of β-lactam (4-membered cyclic amide) rings is 2. The quantitative estimate of drug-likeness (QED) is 0.0150. The summed E-state index contributed by atoms with van der Waals surface area (Å²) < 4.78 is 15.4. The lowest BCUT2D eigenvalue weighted by Gasteiger charge is -2.46. The van der Waals surface area contributed by atoms with Crippen LogP contribution in [0, 0.1) is 43.9 Å². The third-order valence-corrected chi connectivity index (χ3v) is 23.0. The van der Waals surface area contributed by atoms with Gasteiger partial charge in [0.1, 0.15) is 0 Å². The first-order valence-electron chi connectivity index (χ1n) is 24.3. The first-order valence-corrected chi connectivity index (χ1v) is 30.7. The molecule has 2 aliphatic heterocycles. The van der Waals surface area contributed by atoms with Crippen LogP contribution in [0.3, 0.4) is 0 Å². The largest absolute Gasteiger partial charge is 0.442 e. The summed E-state index contributed by atoms with van der Waals surface area (Å²) in [7, 11) is -3.08. The Balaban J connectivity index is 0.000000438. The predicted molar refractivity (Wildman–Crippen MR) is 285 cm³/mol. The van der Waals surface area contributed by atoms with Crippen molar-refractivity contribution in [3.05, 3.63) is 110 Å². The van der Waals surface area contributed by atoms with Crippen LogP contribution in [0.1, 0.15) is 90.0 Å². The van der Waals surface area contributed by atoms with Crippen molar-refractivity contribution in [3.63, 3.8) is 0 Å². The number of hydrogen-bond acceptors (Lipinski definition) is 17. The van der Waals surface area contributed by atoms with Crippen LogP contribution in [-0.4, -0.2) is 134 Å². The molecule has 2 fully saturated rings. The molecule has 3 heterocycles. The number of carbonyl (C=O) groups is 8. The Kier molecular flexibility index (Phi) is 23.3. The van der Waals surface area contributed by atoms with E-state index in [1.165, 1.54) is 20.8 Å². The normalized spacial score (nSPS) is 18.1. The minimum absolute atomic E-state index is 0.102. The number of aliphatic hydroxyl groups excluding tert-OH is 1. The smallest absolute Gasteiger partial charge is 0.413 e. The molecular weight excluding hydrogens is 1050 g/mol. The fourth-order valence-electron chi connectivity index (χ4n) is 6.62. The third-order valence-electron chi connectivity index (χ3n) is 13.9. The average molecular weight is 1120 g/mol. The zero-order valence-corrected chi connectivity index (χ0v) is 48.2. The van der Waals surface area contributed by atoms with Crippen molar-refractivity contribution >= 4 is 86.4 Å². The summed E-state index contributed by atoms with van der Waals surface area (Å²) in [6.07, 6.45) is 3.53. The molecule has 2 aromatic carbocycles. The van der Waals surface area contributed by atoms with Crippen LogP contribution in [0.5, 0.6) is 0 Å². The van der Waals surface area contributed by atoms with Gasteiger partial charge in [0.15, 0.2) is 8.32 Å². The number of carbonyl (C=O) groups excluding carboxylic acids is 8. The zero-order chi connectivity index (χ0) is 60.0. The number of nitro groups is 2. The van der Waals surface area contributed by atoms with Gasteiger partial charge in [0.05, 0.1) is 63.4 Å². The van der Waals surface area contributed by atoms with Crippen molar-refractivity contribution in [2.75, 3.05) is 0 Å². The molecule has 0 radical (unpaired) electrons. The van der Waals surface area contributed by atoms with E-state index in [0.29, 0.717) is 5.04 Å². The SMILES string of the molecule is CC(C)(C)[Si](C)(C)C.C[C@@H](O)[C@H]1C(=O)N[C@@H]1[C@@H](C)C(=O)C(=[N+]=[N-])C(=O)OC(=O)c1ccc([N+](=O)[O-])cc1.C[C@@H](O[Si](C)(C)C(C)(C)C)[C@H]1C(=O)N[C@@H]1[C@@H](C)C(=O)C(=[N+]=[N-])C(=O)OC(=O)c1ccc([N+](=O)[O-])cc1.c1c[nH]cn1. The maximum Gasteiger partial charge on any atom is 0.442 e. The van der Waals surface area contributed by atoms with Gasteiger partial charge in [-0.1, -0.05) is 75.0 Å². The van der Waals surface area contributed by atoms with Crippen molar-refractivity contribution in [1.82, 2.24) is 20.6 Å². The number of aromatic amines is 1. The molecule has 2 aliphatic rings. The van der Waals surface area contributed by atoms with E-state index in [1.54, 1.807) is 25.6 Å². The number of H-pyrrole nitrogens is 1. The molecule has 8 atom stereocenters. The van der Waals surface area contributed by atoms with E-state index in [4.69, 9.17) is 9.96 Å². The van der Waals surface area contributed by atoms with Gasteiger partial charge in [-0.3, -0.25) is 39.4 Å². The molecule has 0 aliphatic carbocycles. The number of nitrogens with zero attached hydrogens (tertiary/aromatic N) is 7. The van der Waals surface area contributed by atoms with Crippen LogP contribution in [0.25, 0.3) is 11.1 Å². The second-order valence-electron chi connectivity index (χ2n) is 21.9. The number of ketones is 2. The third kappa shape index (κ3) is 17.6. The highest BCUT2D eigenvalue weighted by molar-refractivity contribution is 6.78. The average Bonchev–Trinajstić information content (AvgIpc) is 3.92. The number of aliphatic hydroxyl groups is 1. The molecule has 422 valence electrons. The number of rotatable bonds is 16. The lowest BCUT2D eigenvalue weighted by Crippen LogP contribution is -2.67. The Labute approximate surface area is 452 Å². The summed E-state index contributed by atoms with van der Waals surface area (Å²) in [5.74, 6) is -11.8. The van der Waals surface area contributed by atoms with Crippen LogP contribution in [0.15, 0.2) is 67.3 Å². The van der Waals surface area contributed by atoms with Crippen molar-refractivity contribution in [3.8, 4) is 0 Å². The van der Waals surface area contributed by atoms with Crippen molar-refractivity contribution < 1.29 is 76.8 Å². The van der Waals surface area contributed by atoms with Crippen LogP contribution >= 0.6 is 0 Å². The highest BCUT2D eigenvalue weighted by atomic mass is 28.4. The molecule has 3 aromatic rings. The number of imidazole rings is 1. The first kappa shape index (κ1) is 66.2. The number of ether oxygens (including phenoxy) is 2. The summed E-state index contributed by atoms with van der Waals surface area (Å²) in [5, 5.41) is 36.5. The number of benzene rings is 2. The van der Waals surface area contributed by atoms with Gasteiger partial charge >= 0.3 is 35.3 Å². The molecule has 5 rings (SSSR count). The van der Waals surface area contributed by atoms with Gasteiger partial charge in [-0.15, -0.1) is 0 Å². The second-order valence-corrected chi connectivity index (χ2v) is 32.6. The lowest BCUT2D eigenvalue weighted by atomic mass is 9.76. The molecule has 4 N–H and O–H groups in total. The summed E-state index contributed by atoms with van der Waals surface area (Å²) in [4.78, 5) is 130. The molecule has 2 amide bonds. The van der Waals surface area contributed by atoms with E-state index in [2.05, 4.69) is 101 Å². The van der Waals surface area contributed by atoms with Crippen molar-refractivity contribution in [2.24, 2.45) is 23.7 Å². The topological polar surface area (TPSA) is 396 Å². The Morgan fingerprint density at radius 1 is 0.667 bits per heavy atom. The highest BCUT2D eigenvalue weighted by Gasteiger charge is 2.53. The summed E-state index contributed by atoms with van der Waals surface area (Å²) in [6.45, 7) is 30.4. The number of amides is 2. The van der Waals surface area contributed by atoms with E-state index in [0.717, 1.165) is 48.5 Å². The Morgan fingerprint density at radius 3 is 1.27 bits per heavy atom. The highest BCUT2D eigenvalue weighted by Crippen LogP contribution is 2.40. The Hall–Kier alpha value is -7.88. The fraction of sp³-hybridized carbons (Fsp3) is 0.500. The number of aromatic nitrogens is 2. The van der Waals surface area contributed by atoms with Crippen molar-refractivity contribution in [1.29, 1.82) is 0 Å². The van der Waals surface area contributed by atoms with Gasteiger partial charge in [0.25, 0.3) is 22.9 Å². The van der Waals surface area contributed by atoms with Crippen LogP contribution in [0.4, 0.5) is 11.4 Å². The van der Waals surface area contributed by atoms with Gasteiger partial charge in [-0.05, 0) is 61.3 Å². The minimum Gasteiger partial charge on any atom is -0.413 e. The Bertz CT molecular complexity index is 2800. The molecule has 0 spiro atoms. The molecule has 0 unspecified atom stereocenters. The fourth-order valence-corrected chi connectivity index (χ4v) is 8.05. The Morgan fingerprint density at radius 2 is 1.03 bits per heavy atom. The maximum atomic E-state index is 12.9. The summed E-state index contributed by atoms with van der Waals surface area (Å²) in [5.41, 5.74) is 15.3. The molecular formula is C50H68N10O16Si2. The summed E-state index contributed by atoms with van der Waals surface area (Å²) in [6, 6.07) is 6.87. The molecule has 0 bridgehead atoms. The number of esters is 4. The standard InChI is InChI=1S/C23H30N4O8Si.C17H16N4O8.C7H18Si.C3H4N2/c1-12(17-16(20(29)25-17)13(2)35-36(6,7)23(3,4)5)19(28)18(26-24)22(31)34-21(30)14-8-10-15(11-9-14)27(32)33;1-7(12-11(8(2)22)15(24)19-12)14(23)13(20-18)17(26)29-16(25)9-3-5-10(6-4-9)21(27)28;1-7(2,3)8(4,5)6;1-2-5-3-4-1/h8-13,16-17H,1-7H3,(H,25,29);3-8,11-12,22H,1-2H3,(H,19,24);1-6H3;1-3H,(H,4,5)/t12-,13-,16-,17-;7-,8-,11-,12-;;/m11../s1. The molecule has 28 heteroatoms. The van der Waals surface area contributed by atoms with E-state index in [1.807, 2.05) is 13.1 Å². The van der Waals surface area contributed by atoms with Gasteiger partial charge in [0.2, 0.25) is 11.8 Å². The van der Waals surface area contributed by atoms with Gasteiger partial charge in [-0.25, -0.2) is 24.2 Å². The molecule has 2 saturated heterocycles. The number of hydrogen-bond donors (Lipinski definition) is 4. The minimum atomic E-state index is -2.22. The number of Topliss-reactive ketones (excluding diaryl/α,β-unsaturated/α-hetero) is 2. The summed E-state index contributed by atoms with van der Waals surface area (Å²) >= 11 is 0. The van der Waals surface area contributed by atoms with E-state index < -0.39 is 127 Å². The van der Waals surface area contributed by atoms with E-state index >= 15 is 0 Å². The van der Waals surface area contributed by atoms with Gasteiger partial charge in [0, 0.05) is 56.6 Å². The van der Waals surface area contributed by atoms with Crippen molar-refractivity contribution in [2.45, 2.75) is 136 Å². The number of non-ortho nitro benzene ring substituents is 2. The monoisotopic (exact) mass is 1120 g/mol. The van der Waals surface area contributed by atoms with Crippen LogP contribution < -0.4 is 10.6 Å². The predicted octanol–water partition coefficient (Wildman–Crippen LogP) is 5.86. The molecule has 26 nitrogen and oxygen atoms in total. The van der Waals surface area contributed by atoms with Gasteiger partial charge in [-0.2, -0.15) is 9.58 Å². The zero-order valence-electron chi connectivity index (χ0n) is 46.2. The van der Waals surface area contributed by atoms with E-state index in [9.17, 15) is 69.2 Å². The van der Waals surface area contributed by atoms with Crippen LogP contribution in [0.2, 0.25) is 42.8 Å². The van der Waals surface area contributed by atoms with E-state index in [-0.39, 0.29) is 33.4 Å². The number of nitrogens with one attached hydrogen (secondary N) is 3. The van der Waals surface area contributed by atoms with Gasteiger partial charge < -0.3 is 45.7 Å². The molecule has 1 aromatic heterocycles. The first-order chi connectivity index (χ1) is 35.8. The lowest BCUT2D eigenvalue weighted by molar-refractivity contribution is -0.385. The maximum absolute atomic E-state index is 12.9. The second kappa shape index (κ2) is 27.4.